The molecule has 7 heteroatoms. The zero-order valence-electron chi connectivity index (χ0n) is 13.1. The van der Waals surface area contributed by atoms with Crippen LogP contribution < -0.4 is 5.56 Å². The summed E-state index contributed by atoms with van der Waals surface area (Å²) in [5, 5.41) is 10.2. The quantitative estimate of drug-likeness (QED) is 0.665. The number of hydrogen-bond acceptors (Lipinski definition) is 4. The zero-order valence-corrected chi connectivity index (χ0v) is 15.4. The molecule has 0 unspecified atom stereocenters. The van der Waals surface area contributed by atoms with Crippen LogP contribution in [0.15, 0.2) is 23.0 Å². The highest BCUT2D eigenvalue weighted by molar-refractivity contribution is 7.18. The Bertz CT molecular complexity index is 995. The fourth-order valence-corrected chi connectivity index (χ4v) is 4.99. The number of nitrogens with zero attached hydrogens (tertiary/aromatic N) is 3. The van der Waals surface area contributed by atoms with Gasteiger partial charge in [-0.25, -0.2) is 4.68 Å². The van der Waals surface area contributed by atoms with E-state index in [0.717, 1.165) is 35.0 Å². The Morgan fingerprint density at radius 1 is 1.38 bits per heavy atom. The van der Waals surface area contributed by atoms with Gasteiger partial charge in [0.1, 0.15) is 0 Å². The largest absolute Gasteiger partial charge is 0.279 e. The average molecular weight is 380 g/mol. The SMILES string of the molecule is C[C@H]1CCc2c(sc3nnn(Cc4ccc(Cl)cc4Cl)c(=O)c23)C1. The van der Waals surface area contributed by atoms with Gasteiger partial charge in [0, 0.05) is 14.9 Å². The maximum atomic E-state index is 12.9. The molecule has 3 aromatic rings. The van der Waals surface area contributed by atoms with Gasteiger partial charge in [0.15, 0.2) is 4.83 Å². The van der Waals surface area contributed by atoms with E-state index in [9.17, 15) is 4.79 Å². The maximum Gasteiger partial charge on any atom is 0.279 e. The van der Waals surface area contributed by atoms with Gasteiger partial charge >= 0.3 is 0 Å². The summed E-state index contributed by atoms with van der Waals surface area (Å²) in [6.45, 7) is 2.54. The van der Waals surface area contributed by atoms with Crippen LogP contribution in [-0.2, 0) is 19.4 Å². The summed E-state index contributed by atoms with van der Waals surface area (Å²) in [5.74, 6) is 0.661. The van der Waals surface area contributed by atoms with Gasteiger partial charge in [0.2, 0.25) is 0 Å². The first-order valence-electron chi connectivity index (χ1n) is 7.85. The Balaban J connectivity index is 1.80. The van der Waals surface area contributed by atoms with Gasteiger partial charge in [-0.05, 0) is 48.4 Å². The molecule has 0 fully saturated rings. The molecular weight excluding hydrogens is 365 g/mol. The molecule has 0 radical (unpaired) electrons. The smallest absolute Gasteiger partial charge is 0.267 e. The number of hydrogen-bond donors (Lipinski definition) is 0. The van der Waals surface area contributed by atoms with Crippen molar-refractivity contribution in [3.63, 3.8) is 0 Å². The topological polar surface area (TPSA) is 47.8 Å². The predicted molar refractivity (Wildman–Crippen MR) is 98.4 cm³/mol. The van der Waals surface area contributed by atoms with E-state index in [4.69, 9.17) is 23.2 Å². The Labute approximate surface area is 153 Å². The Kier molecular flexibility index (Phi) is 4.11. The maximum absolute atomic E-state index is 12.9. The van der Waals surface area contributed by atoms with Crippen LogP contribution in [0.4, 0.5) is 0 Å². The van der Waals surface area contributed by atoms with Crippen molar-refractivity contribution in [2.75, 3.05) is 0 Å². The van der Waals surface area contributed by atoms with Gasteiger partial charge in [-0.2, -0.15) is 0 Å². The highest BCUT2D eigenvalue weighted by Gasteiger charge is 2.23. The van der Waals surface area contributed by atoms with E-state index >= 15 is 0 Å². The summed E-state index contributed by atoms with van der Waals surface area (Å²) in [6.07, 6.45) is 3.08. The van der Waals surface area contributed by atoms with Crippen molar-refractivity contribution < 1.29 is 0 Å². The number of halogens is 2. The van der Waals surface area contributed by atoms with Crippen molar-refractivity contribution in [1.29, 1.82) is 0 Å². The second kappa shape index (κ2) is 6.14. The van der Waals surface area contributed by atoms with Gasteiger partial charge in [0.05, 0.1) is 11.9 Å². The van der Waals surface area contributed by atoms with E-state index in [1.165, 1.54) is 15.1 Å². The summed E-state index contributed by atoms with van der Waals surface area (Å²) in [4.78, 5) is 15.0. The second-order valence-electron chi connectivity index (χ2n) is 6.32. The molecule has 2 heterocycles. The molecule has 124 valence electrons. The van der Waals surface area contributed by atoms with Gasteiger partial charge in [-0.3, -0.25) is 4.79 Å². The van der Waals surface area contributed by atoms with Gasteiger partial charge in [-0.15, -0.1) is 16.4 Å². The molecule has 0 N–H and O–H groups in total. The molecule has 1 aliphatic carbocycles. The Morgan fingerprint density at radius 2 is 2.21 bits per heavy atom. The van der Waals surface area contributed by atoms with Crippen LogP contribution in [0, 0.1) is 5.92 Å². The third kappa shape index (κ3) is 2.75. The van der Waals surface area contributed by atoms with Crippen LogP contribution in [0.1, 0.15) is 29.3 Å². The first-order valence-corrected chi connectivity index (χ1v) is 9.42. The van der Waals surface area contributed by atoms with Crippen molar-refractivity contribution >= 4 is 44.8 Å². The first kappa shape index (κ1) is 16.1. The van der Waals surface area contributed by atoms with E-state index in [0.29, 0.717) is 22.5 Å². The van der Waals surface area contributed by atoms with Crippen molar-refractivity contribution in [1.82, 2.24) is 15.0 Å². The fourth-order valence-electron chi connectivity index (χ4n) is 3.21. The van der Waals surface area contributed by atoms with Crippen molar-refractivity contribution in [3.8, 4) is 0 Å². The molecule has 4 nitrogen and oxygen atoms in total. The van der Waals surface area contributed by atoms with Crippen LogP contribution in [0.5, 0.6) is 0 Å². The molecular formula is C17H15Cl2N3OS. The van der Waals surface area contributed by atoms with Gasteiger partial charge in [-0.1, -0.05) is 41.4 Å². The predicted octanol–water partition coefficient (Wildman–Crippen LogP) is 4.33. The standard InChI is InChI=1S/C17H15Cl2N3OS/c1-9-2-5-12-14(6-9)24-16-15(12)17(23)22(21-20-16)8-10-3-4-11(18)7-13(10)19/h3-4,7,9H,2,5-6,8H2,1H3/t9-/m0/s1. The molecule has 4 rings (SSSR count). The number of thiophene rings is 1. The van der Waals surface area contributed by atoms with E-state index in [2.05, 4.69) is 17.2 Å². The molecule has 0 saturated carbocycles. The highest BCUT2D eigenvalue weighted by Crippen LogP contribution is 2.35. The van der Waals surface area contributed by atoms with Crippen molar-refractivity contribution in [2.24, 2.45) is 5.92 Å². The molecule has 0 aliphatic heterocycles. The lowest BCUT2D eigenvalue weighted by Gasteiger charge is -2.17. The van der Waals surface area contributed by atoms with E-state index in [-0.39, 0.29) is 5.56 Å². The Morgan fingerprint density at radius 3 is 3.00 bits per heavy atom. The van der Waals surface area contributed by atoms with E-state index in [1.807, 2.05) is 6.07 Å². The normalized spacial score (nSPS) is 17.2. The van der Waals surface area contributed by atoms with Crippen LogP contribution in [0.3, 0.4) is 0 Å². The van der Waals surface area contributed by atoms with Crippen molar-refractivity contribution in [3.05, 3.63) is 54.6 Å². The first-order chi connectivity index (χ1) is 11.5. The fraction of sp³-hybridized carbons (Fsp3) is 0.353. The average Bonchev–Trinajstić information content (AvgIpc) is 2.90. The number of aryl methyl sites for hydroxylation is 1. The molecule has 2 aromatic heterocycles. The number of rotatable bonds is 2. The minimum Gasteiger partial charge on any atom is -0.267 e. The van der Waals surface area contributed by atoms with Crippen LogP contribution in [0.25, 0.3) is 10.2 Å². The molecule has 24 heavy (non-hydrogen) atoms. The molecule has 1 aromatic carbocycles. The molecule has 1 aliphatic rings. The third-order valence-electron chi connectivity index (χ3n) is 4.52. The summed E-state index contributed by atoms with van der Waals surface area (Å²) in [6, 6.07) is 5.24. The lowest BCUT2D eigenvalue weighted by atomic mass is 9.89. The summed E-state index contributed by atoms with van der Waals surface area (Å²) in [5.41, 5.74) is 1.89. The van der Waals surface area contributed by atoms with E-state index < -0.39 is 0 Å². The van der Waals surface area contributed by atoms with Gasteiger partial charge < -0.3 is 0 Å². The molecule has 0 saturated heterocycles. The third-order valence-corrected chi connectivity index (χ3v) is 6.25. The van der Waals surface area contributed by atoms with Crippen LogP contribution in [0.2, 0.25) is 10.0 Å². The van der Waals surface area contributed by atoms with Crippen LogP contribution >= 0.6 is 34.5 Å². The monoisotopic (exact) mass is 379 g/mol. The summed E-state index contributed by atoms with van der Waals surface area (Å²) in [7, 11) is 0. The minimum atomic E-state index is -0.0851. The molecule has 0 spiro atoms. The number of benzene rings is 1. The summed E-state index contributed by atoms with van der Waals surface area (Å²) < 4.78 is 1.39. The molecule has 1 atom stereocenters. The molecule has 0 amide bonds. The number of aromatic nitrogens is 3. The van der Waals surface area contributed by atoms with Gasteiger partial charge in [0.25, 0.3) is 5.56 Å². The highest BCUT2D eigenvalue weighted by atomic mass is 35.5. The second-order valence-corrected chi connectivity index (χ2v) is 8.25. The Hall–Kier alpha value is -1.43. The lowest BCUT2D eigenvalue weighted by molar-refractivity contribution is 0.508. The molecule has 0 bridgehead atoms. The lowest BCUT2D eigenvalue weighted by Crippen LogP contribution is -2.25. The zero-order chi connectivity index (χ0) is 16.8. The number of fused-ring (bicyclic) bond motifs is 3. The summed E-state index contributed by atoms with van der Waals surface area (Å²) >= 11 is 13.7. The van der Waals surface area contributed by atoms with Crippen molar-refractivity contribution in [2.45, 2.75) is 32.7 Å². The van der Waals surface area contributed by atoms with Crippen LogP contribution in [-0.4, -0.2) is 15.0 Å². The minimum absolute atomic E-state index is 0.0851. The van der Waals surface area contributed by atoms with E-state index in [1.54, 1.807) is 23.5 Å².